The Morgan fingerprint density at radius 1 is 0.800 bits per heavy atom. The van der Waals surface area contributed by atoms with E-state index in [1.165, 1.54) is 0 Å². The molecule has 0 saturated carbocycles. The molecule has 1 heterocycles. The van der Waals surface area contributed by atoms with Gasteiger partial charge in [0.25, 0.3) is 0 Å². The van der Waals surface area contributed by atoms with Gasteiger partial charge in [-0.25, -0.2) is 0 Å². The molecule has 1 nitrogen and oxygen atoms in total. The molecule has 0 aromatic carbocycles. The zero-order valence-electron chi connectivity index (χ0n) is 15.3. The third kappa shape index (κ3) is 3.18. The number of nitrogens with zero attached hydrogens (tertiary/aromatic N) is 1. The predicted octanol–water partition coefficient (Wildman–Crippen LogP) is 4.81. The molecule has 0 radical (unpaired) electrons. The Labute approximate surface area is 150 Å². The number of pyridine rings is 1. The van der Waals surface area contributed by atoms with Crippen molar-refractivity contribution in [1.29, 1.82) is 0 Å². The summed E-state index contributed by atoms with van der Waals surface area (Å²) in [6, 6.07) is 2.04. The van der Waals surface area contributed by atoms with Gasteiger partial charge in [0.2, 0.25) is 0 Å². The van der Waals surface area contributed by atoms with Crippen molar-refractivity contribution in [3.63, 3.8) is 0 Å². The first kappa shape index (κ1) is 18.4. The van der Waals surface area contributed by atoms with Crippen molar-refractivity contribution in [2.45, 2.75) is 20.8 Å². The summed E-state index contributed by atoms with van der Waals surface area (Å²) >= 11 is 0. The van der Waals surface area contributed by atoms with Crippen molar-refractivity contribution < 1.29 is 0 Å². The number of hydrogen-bond acceptors (Lipinski definition) is 1. The molecule has 0 N–H and O–H groups in total. The van der Waals surface area contributed by atoms with Gasteiger partial charge < -0.3 is 0 Å². The number of rotatable bonds is 3. The average Bonchev–Trinajstić information content (AvgIpc) is 2.74. The Balaban J connectivity index is 3.25. The van der Waals surface area contributed by atoms with E-state index in [0.717, 1.165) is 44.0 Å². The molecular weight excluding hydrogens is 302 g/mol. The van der Waals surface area contributed by atoms with E-state index in [-0.39, 0.29) is 0 Å². The topological polar surface area (TPSA) is 12.9 Å². The van der Waals surface area contributed by atoms with Crippen LogP contribution in [0.4, 0.5) is 0 Å². The van der Waals surface area contributed by atoms with Gasteiger partial charge in [0.05, 0.1) is 5.69 Å². The van der Waals surface area contributed by atoms with Crippen LogP contribution < -0.4 is 10.4 Å². The van der Waals surface area contributed by atoms with E-state index in [4.69, 9.17) is 4.98 Å². The minimum absolute atomic E-state index is 0.949. The predicted molar refractivity (Wildman–Crippen MR) is 111 cm³/mol. The van der Waals surface area contributed by atoms with Crippen molar-refractivity contribution >= 4 is 17.2 Å². The van der Waals surface area contributed by atoms with Gasteiger partial charge in [-0.2, -0.15) is 0 Å². The third-order valence-electron chi connectivity index (χ3n) is 4.33. The van der Waals surface area contributed by atoms with Crippen LogP contribution in [0.5, 0.6) is 0 Å². The second-order valence-electron chi connectivity index (χ2n) is 5.57. The third-order valence-corrected chi connectivity index (χ3v) is 4.33. The van der Waals surface area contributed by atoms with Crippen molar-refractivity contribution in [3.8, 4) is 0 Å². The first-order valence-electron chi connectivity index (χ1n) is 8.46. The maximum absolute atomic E-state index is 4.72. The van der Waals surface area contributed by atoms with E-state index >= 15 is 0 Å². The first-order chi connectivity index (χ1) is 12.2. The molecule has 0 aliphatic heterocycles. The van der Waals surface area contributed by atoms with Gasteiger partial charge in [-0.1, -0.05) is 68.3 Å². The van der Waals surface area contributed by atoms with Crippen molar-refractivity contribution in [2.24, 2.45) is 0 Å². The van der Waals surface area contributed by atoms with Crippen LogP contribution >= 0.6 is 0 Å². The maximum Gasteiger partial charge on any atom is 0.0792 e. The molecule has 0 atom stereocenters. The number of aromatic nitrogens is 1. The van der Waals surface area contributed by atoms with E-state index in [0.29, 0.717) is 0 Å². The van der Waals surface area contributed by atoms with Gasteiger partial charge in [-0.05, 0) is 54.3 Å². The monoisotopic (exact) mass is 327 g/mol. The SMILES string of the molecule is C=C/C=C1C(C=C)=c2c(ncc/c2=C/C)C(=C/C=C)/C(=C\C)C/1=C/C. The summed E-state index contributed by atoms with van der Waals surface area (Å²) in [6.45, 7) is 18.0. The lowest BCUT2D eigenvalue weighted by molar-refractivity contribution is 1.22. The fraction of sp³-hybridized carbons (Fsp3) is 0.125. The Bertz CT molecular complexity index is 960. The molecule has 0 unspecified atom stereocenters. The van der Waals surface area contributed by atoms with Crippen molar-refractivity contribution in [2.75, 3.05) is 0 Å². The van der Waals surface area contributed by atoms with Gasteiger partial charge in [0.1, 0.15) is 0 Å². The summed E-state index contributed by atoms with van der Waals surface area (Å²) in [6.07, 6.45) is 17.8. The molecule has 2 rings (SSSR count). The van der Waals surface area contributed by atoms with E-state index in [1.807, 2.05) is 49.6 Å². The minimum Gasteiger partial charge on any atom is -0.256 e. The lowest BCUT2D eigenvalue weighted by Gasteiger charge is -2.14. The summed E-state index contributed by atoms with van der Waals surface area (Å²) in [4.78, 5) is 4.72. The fourth-order valence-corrected chi connectivity index (χ4v) is 3.32. The highest BCUT2D eigenvalue weighted by atomic mass is 14.7. The van der Waals surface area contributed by atoms with E-state index in [9.17, 15) is 0 Å². The summed E-state index contributed by atoms with van der Waals surface area (Å²) < 4.78 is 0. The summed E-state index contributed by atoms with van der Waals surface area (Å²) in [5.74, 6) is 0. The molecule has 0 amide bonds. The summed E-state index contributed by atoms with van der Waals surface area (Å²) in [5, 5.41) is 2.23. The van der Waals surface area contributed by atoms with Gasteiger partial charge in [-0.3, -0.25) is 4.98 Å². The Hall–Kier alpha value is -2.93. The minimum atomic E-state index is 0.949. The Morgan fingerprint density at radius 3 is 1.92 bits per heavy atom. The van der Waals surface area contributed by atoms with Crippen LogP contribution in [-0.2, 0) is 0 Å². The largest absolute Gasteiger partial charge is 0.256 e. The first-order valence-corrected chi connectivity index (χ1v) is 8.46. The Morgan fingerprint density at radius 2 is 1.40 bits per heavy atom. The molecule has 0 fully saturated rings. The highest BCUT2D eigenvalue weighted by Crippen LogP contribution is 2.36. The second-order valence-corrected chi connectivity index (χ2v) is 5.57. The molecule has 1 aromatic heterocycles. The van der Waals surface area contributed by atoms with Crippen LogP contribution in [0.15, 0.2) is 91.3 Å². The van der Waals surface area contributed by atoms with Gasteiger partial charge in [-0.15, -0.1) is 0 Å². The van der Waals surface area contributed by atoms with Gasteiger partial charge >= 0.3 is 0 Å². The number of allylic oxidation sites excluding steroid dienone is 11. The molecule has 1 heteroatoms. The molecule has 1 aliphatic rings. The van der Waals surface area contributed by atoms with Crippen molar-refractivity contribution in [3.05, 3.63) is 107 Å². The molecule has 0 bridgehead atoms. The standard InChI is InChI=1S/C24H25N/c1-7-13-21-18(10-4)19(11-5)22(14-8-2)24-23(20(21)12-6)17(9-3)15-16-25-24/h7-16H,1-2,6H2,3-5H3/b17-9-,18-10-,19-11-,21-13+,22-14+. The fourth-order valence-electron chi connectivity index (χ4n) is 3.32. The smallest absolute Gasteiger partial charge is 0.0792 e. The van der Waals surface area contributed by atoms with Crippen LogP contribution in [0.1, 0.15) is 26.5 Å². The zero-order chi connectivity index (χ0) is 18.4. The molecule has 0 spiro atoms. The van der Waals surface area contributed by atoms with Crippen LogP contribution in [0, 0.1) is 0 Å². The number of hydrogen-bond donors (Lipinski definition) is 0. The Kier molecular flexibility index (Phi) is 6.08. The molecule has 0 saturated heterocycles. The molecule has 1 aromatic rings. The van der Waals surface area contributed by atoms with E-state index in [1.54, 1.807) is 0 Å². The molecule has 1 aliphatic carbocycles. The normalized spacial score (nSPS) is 21.6. The van der Waals surface area contributed by atoms with Crippen LogP contribution in [0.3, 0.4) is 0 Å². The molecule has 126 valence electrons. The highest BCUT2D eigenvalue weighted by molar-refractivity contribution is 5.95. The number of fused-ring (bicyclic) bond motifs is 1. The summed E-state index contributed by atoms with van der Waals surface area (Å²) in [5.41, 5.74) is 6.46. The quantitative estimate of drug-likeness (QED) is 0.776. The van der Waals surface area contributed by atoms with Crippen molar-refractivity contribution in [1.82, 2.24) is 4.98 Å². The second kappa shape index (κ2) is 8.25. The molecular formula is C24H25N. The highest BCUT2D eigenvalue weighted by Gasteiger charge is 2.23. The van der Waals surface area contributed by atoms with Gasteiger partial charge in [0, 0.05) is 17.0 Å². The van der Waals surface area contributed by atoms with Crippen LogP contribution in [0.2, 0.25) is 0 Å². The average molecular weight is 327 g/mol. The maximum atomic E-state index is 4.72. The van der Waals surface area contributed by atoms with E-state index < -0.39 is 0 Å². The lowest BCUT2D eigenvalue weighted by Crippen LogP contribution is -2.31. The summed E-state index contributed by atoms with van der Waals surface area (Å²) in [7, 11) is 0. The van der Waals surface area contributed by atoms with Gasteiger partial charge in [0.15, 0.2) is 0 Å². The zero-order valence-corrected chi connectivity index (χ0v) is 15.3. The van der Waals surface area contributed by atoms with E-state index in [2.05, 4.69) is 51.8 Å². The van der Waals surface area contributed by atoms with Crippen LogP contribution in [-0.4, -0.2) is 4.98 Å². The van der Waals surface area contributed by atoms with Crippen LogP contribution in [0.25, 0.3) is 17.2 Å². The lowest BCUT2D eigenvalue weighted by atomic mass is 9.89. The molecule has 25 heavy (non-hydrogen) atoms.